The number of carbonyl (C=O) groups is 1. The van der Waals surface area contributed by atoms with E-state index in [1.54, 1.807) is 18.2 Å². The number of rotatable bonds is 1. The van der Waals surface area contributed by atoms with Gasteiger partial charge in [-0.2, -0.15) is 11.1 Å². The Kier molecular flexibility index (Phi) is 4.84. The second kappa shape index (κ2) is 5.93. The van der Waals surface area contributed by atoms with Gasteiger partial charge in [0.05, 0.1) is 5.78 Å². The van der Waals surface area contributed by atoms with E-state index in [0.717, 1.165) is 11.1 Å². The third-order valence-electron chi connectivity index (χ3n) is 1.94. The molecular weight excluding hydrogens is 277 g/mol. The van der Waals surface area contributed by atoms with E-state index in [-0.39, 0.29) is 44.2 Å². The van der Waals surface area contributed by atoms with E-state index >= 15 is 0 Å². The van der Waals surface area contributed by atoms with Gasteiger partial charge in [0.1, 0.15) is 0 Å². The van der Waals surface area contributed by atoms with E-state index in [2.05, 4.69) is 12.1 Å². The third-order valence-corrected chi connectivity index (χ3v) is 1.94. The van der Waals surface area contributed by atoms with Gasteiger partial charge in [-0.3, -0.25) is 0 Å². The summed E-state index contributed by atoms with van der Waals surface area (Å²) in [6, 6.07) is 7.72. The van der Waals surface area contributed by atoms with Crippen LogP contribution in [0.1, 0.15) is 5.56 Å². The van der Waals surface area contributed by atoms with Crippen LogP contribution in [-0.2, 0) is 37.5 Å². The van der Waals surface area contributed by atoms with Crippen molar-refractivity contribution in [1.29, 1.82) is 0 Å². The van der Waals surface area contributed by atoms with E-state index in [1.807, 2.05) is 6.08 Å². The Morgan fingerprint density at radius 2 is 2.06 bits per heavy atom. The largest absolute Gasteiger partial charge is 0.551 e. The SMILES string of the molecule is O=C1C=[C-]C(=Cc2[c-]cc(O)cc2)C=C1.[Y]. The zero-order valence-corrected chi connectivity index (χ0v) is 11.3. The summed E-state index contributed by atoms with van der Waals surface area (Å²) in [5, 5.41) is 9.06. The molecule has 0 spiro atoms. The molecule has 0 aliphatic heterocycles. The fourth-order valence-electron chi connectivity index (χ4n) is 1.20. The van der Waals surface area contributed by atoms with Crippen LogP contribution in [0.2, 0.25) is 0 Å². The fourth-order valence-corrected chi connectivity index (χ4v) is 1.20. The number of phenols is 1. The van der Waals surface area contributed by atoms with E-state index in [1.165, 1.54) is 18.2 Å². The first-order valence-corrected chi connectivity index (χ1v) is 4.48. The van der Waals surface area contributed by atoms with Crippen LogP contribution in [0.25, 0.3) is 6.08 Å². The molecular formula is C13H8O2Y-2. The van der Waals surface area contributed by atoms with Crippen LogP contribution in [0.4, 0.5) is 0 Å². The van der Waals surface area contributed by atoms with Gasteiger partial charge in [-0.05, 0) is 0 Å². The van der Waals surface area contributed by atoms with Crippen molar-refractivity contribution in [3.05, 3.63) is 59.7 Å². The summed E-state index contributed by atoms with van der Waals surface area (Å²) in [5.41, 5.74) is 1.65. The first-order valence-electron chi connectivity index (χ1n) is 4.48. The average Bonchev–Trinajstić information content (AvgIpc) is 2.25. The molecule has 16 heavy (non-hydrogen) atoms. The minimum atomic E-state index is -0.0539. The van der Waals surface area contributed by atoms with Gasteiger partial charge in [0.25, 0.3) is 0 Å². The zero-order valence-electron chi connectivity index (χ0n) is 8.47. The molecule has 1 N–H and O–H groups in total. The third kappa shape index (κ3) is 3.55. The summed E-state index contributed by atoms with van der Waals surface area (Å²) in [4.78, 5) is 10.8. The van der Waals surface area contributed by atoms with Gasteiger partial charge < -0.3 is 9.90 Å². The predicted octanol–water partition coefficient (Wildman–Crippen LogP) is 2.07. The molecule has 0 saturated carbocycles. The van der Waals surface area contributed by atoms with Crippen molar-refractivity contribution in [3.8, 4) is 5.75 Å². The van der Waals surface area contributed by atoms with Gasteiger partial charge in [0.15, 0.2) is 0 Å². The van der Waals surface area contributed by atoms with Crippen LogP contribution < -0.4 is 0 Å². The van der Waals surface area contributed by atoms with Crippen molar-refractivity contribution in [2.45, 2.75) is 0 Å². The maximum absolute atomic E-state index is 10.8. The Labute approximate surface area is 119 Å². The second-order valence-corrected chi connectivity index (χ2v) is 3.13. The van der Waals surface area contributed by atoms with E-state index in [0.29, 0.717) is 0 Å². The summed E-state index contributed by atoms with van der Waals surface area (Å²) < 4.78 is 0. The summed E-state index contributed by atoms with van der Waals surface area (Å²) in [6.45, 7) is 0. The molecule has 2 rings (SSSR count). The molecule has 0 fully saturated rings. The van der Waals surface area contributed by atoms with Crippen LogP contribution >= 0.6 is 0 Å². The molecule has 0 atom stereocenters. The second-order valence-electron chi connectivity index (χ2n) is 3.13. The van der Waals surface area contributed by atoms with Crippen LogP contribution in [0, 0.1) is 12.1 Å². The maximum Gasteiger partial charge on any atom is 0.0934 e. The normalized spacial score (nSPS) is 16.2. The van der Waals surface area contributed by atoms with Crippen LogP contribution in [0.3, 0.4) is 0 Å². The summed E-state index contributed by atoms with van der Waals surface area (Å²) in [5.74, 6) is 0.132. The van der Waals surface area contributed by atoms with E-state index < -0.39 is 0 Å². The van der Waals surface area contributed by atoms with Gasteiger partial charge >= 0.3 is 0 Å². The smallest absolute Gasteiger partial charge is 0.0934 e. The number of allylic oxidation sites excluding steroid dienone is 5. The van der Waals surface area contributed by atoms with Crippen molar-refractivity contribution in [2.75, 3.05) is 0 Å². The molecule has 3 heteroatoms. The average molecular weight is 285 g/mol. The monoisotopic (exact) mass is 285 g/mol. The topological polar surface area (TPSA) is 37.3 Å². The molecule has 1 radical (unpaired) electrons. The van der Waals surface area contributed by atoms with Gasteiger partial charge in [-0.15, -0.1) is 48.6 Å². The Morgan fingerprint density at radius 1 is 1.25 bits per heavy atom. The Morgan fingerprint density at radius 3 is 2.62 bits per heavy atom. The van der Waals surface area contributed by atoms with Crippen molar-refractivity contribution in [3.63, 3.8) is 0 Å². The molecule has 2 nitrogen and oxygen atoms in total. The molecule has 1 aromatic rings. The molecule has 77 valence electrons. The van der Waals surface area contributed by atoms with Gasteiger partial charge in [0, 0.05) is 38.5 Å². The standard InChI is InChI=1S/C13H8O2.Y/c14-12-5-1-10(2-6-12)9-11-3-7-13(15)8-4-11;/h1,3,5-9,14H;/q-2;. The van der Waals surface area contributed by atoms with Crippen LogP contribution in [0.15, 0.2) is 42.0 Å². The first kappa shape index (κ1) is 13.1. The van der Waals surface area contributed by atoms with Crippen LogP contribution in [0.5, 0.6) is 5.75 Å². The molecule has 1 aliphatic carbocycles. The van der Waals surface area contributed by atoms with Crippen molar-refractivity contribution >= 4 is 11.9 Å². The Bertz CT molecular complexity index is 449. The summed E-state index contributed by atoms with van der Waals surface area (Å²) in [7, 11) is 0. The number of hydrogen-bond acceptors (Lipinski definition) is 2. The fraction of sp³-hybridized carbons (Fsp3) is 0. The minimum absolute atomic E-state index is 0. The molecule has 0 amide bonds. The number of hydrogen-bond donors (Lipinski definition) is 1. The van der Waals surface area contributed by atoms with Crippen molar-refractivity contribution in [2.24, 2.45) is 0 Å². The zero-order chi connectivity index (χ0) is 10.7. The molecule has 1 aliphatic rings. The van der Waals surface area contributed by atoms with Gasteiger partial charge in [-0.25, -0.2) is 0 Å². The number of carbonyl (C=O) groups excluding carboxylic acids is 1. The molecule has 0 heterocycles. The molecule has 0 unspecified atom stereocenters. The minimum Gasteiger partial charge on any atom is -0.551 e. The van der Waals surface area contributed by atoms with Gasteiger partial charge in [0.2, 0.25) is 0 Å². The number of benzene rings is 1. The van der Waals surface area contributed by atoms with Crippen molar-refractivity contribution in [1.82, 2.24) is 0 Å². The summed E-state index contributed by atoms with van der Waals surface area (Å²) in [6.07, 6.45) is 9.26. The quantitative estimate of drug-likeness (QED) is 0.802. The van der Waals surface area contributed by atoms with E-state index in [4.69, 9.17) is 5.11 Å². The van der Waals surface area contributed by atoms with Crippen molar-refractivity contribution < 1.29 is 42.6 Å². The molecule has 1 aromatic carbocycles. The molecule has 0 aromatic heterocycles. The number of phenolic OH excluding ortho intramolecular Hbond substituents is 1. The predicted molar refractivity (Wildman–Crippen MR) is 56.9 cm³/mol. The first-order chi connectivity index (χ1) is 7.24. The number of aromatic hydroxyl groups is 1. The molecule has 0 bridgehead atoms. The summed E-state index contributed by atoms with van der Waals surface area (Å²) >= 11 is 0. The van der Waals surface area contributed by atoms with E-state index in [9.17, 15) is 4.79 Å². The Balaban J connectivity index is 0.00000128. The van der Waals surface area contributed by atoms with Crippen LogP contribution in [-0.4, -0.2) is 10.9 Å². The molecule has 0 saturated heterocycles. The van der Waals surface area contributed by atoms with Gasteiger partial charge in [-0.1, -0.05) is 6.08 Å². The Hall–Kier alpha value is -0.986. The number of ketones is 1. The maximum atomic E-state index is 10.8.